The first-order valence-corrected chi connectivity index (χ1v) is 7.26. The molecule has 20 heavy (non-hydrogen) atoms. The molecule has 0 saturated carbocycles. The Labute approximate surface area is 132 Å². The van der Waals surface area contributed by atoms with E-state index in [1.807, 2.05) is 0 Å². The van der Waals surface area contributed by atoms with Crippen LogP contribution in [0.1, 0.15) is 11.6 Å². The molecule has 0 aliphatic heterocycles. The van der Waals surface area contributed by atoms with Crippen LogP contribution in [-0.2, 0) is 4.79 Å². The number of hydrogen-bond acceptors (Lipinski definition) is 2. The number of carbonyl (C=O) groups is 1. The van der Waals surface area contributed by atoms with Crippen LogP contribution in [0.2, 0.25) is 0 Å². The maximum Gasteiger partial charge on any atom is 0.330 e. The number of carboxylic acids is 1. The number of aliphatic carboxylic acids is 1. The average molecular weight is 403 g/mol. The molecule has 1 atom stereocenters. The summed E-state index contributed by atoms with van der Waals surface area (Å²) in [6.45, 7) is 0. The van der Waals surface area contributed by atoms with Crippen LogP contribution in [0.5, 0.6) is 0 Å². The number of halogens is 3. The van der Waals surface area contributed by atoms with E-state index in [9.17, 15) is 14.3 Å². The Morgan fingerprint density at radius 2 is 1.80 bits per heavy atom. The number of benzene rings is 2. The van der Waals surface area contributed by atoms with Crippen molar-refractivity contribution in [1.82, 2.24) is 0 Å². The van der Waals surface area contributed by atoms with Crippen LogP contribution in [0, 0.1) is 5.82 Å². The zero-order valence-electron chi connectivity index (χ0n) is 10.1. The van der Waals surface area contributed by atoms with Crippen LogP contribution in [0.4, 0.5) is 10.1 Å². The van der Waals surface area contributed by atoms with Crippen LogP contribution in [-0.4, -0.2) is 11.1 Å². The lowest BCUT2D eigenvalue weighted by Gasteiger charge is -2.17. The lowest BCUT2D eigenvalue weighted by atomic mass is 10.1. The van der Waals surface area contributed by atoms with Gasteiger partial charge in [-0.1, -0.05) is 37.9 Å². The maximum absolute atomic E-state index is 13.1. The van der Waals surface area contributed by atoms with Gasteiger partial charge in [0, 0.05) is 14.6 Å². The topological polar surface area (TPSA) is 49.3 Å². The predicted molar refractivity (Wildman–Crippen MR) is 82.2 cm³/mol. The molecule has 0 radical (unpaired) electrons. The lowest BCUT2D eigenvalue weighted by molar-refractivity contribution is -0.138. The zero-order chi connectivity index (χ0) is 14.7. The third-order valence-corrected chi connectivity index (χ3v) is 3.89. The van der Waals surface area contributed by atoms with Crippen LogP contribution in [0.25, 0.3) is 0 Å². The molecule has 6 heteroatoms. The van der Waals surface area contributed by atoms with Crippen molar-refractivity contribution in [3.8, 4) is 0 Å². The lowest BCUT2D eigenvalue weighted by Crippen LogP contribution is -2.21. The summed E-state index contributed by atoms with van der Waals surface area (Å²) in [6, 6.07) is 10.1. The Morgan fingerprint density at radius 1 is 1.15 bits per heavy atom. The van der Waals surface area contributed by atoms with Crippen molar-refractivity contribution in [1.29, 1.82) is 0 Å². The summed E-state index contributed by atoms with van der Waals surface area (Å²) < 4.78 is 14.4. The van der Waals surface area contributed by atoms with Crippen LogP contribution >= 0.6 is 31.9 Å². The third kappa shape index (κ3) is 3.58. The second-order valence-corrected chi connectivity index (χ2v) is 5.86. The van der Waals surface area contributed by atoms with E-state index in [1.165, 1.54) is 18.2 Å². The van der Waals surface area contributed by atoms with E-state index in [0.717, 1.165) is 4.47 Å². The van der Waals surface area contributed by atoms with Crippen molar-refractivity contribution in [3.63, 3.8) is 0 Å². The fourth-order valence-electron chi connectivity index (χ4n) is 1.72. The highest BCUT2D eigenvalue weighted by atomic mass is 79.9. The van der Waals surface area contributed by atoms with Gasteiger partial charge in [0.25, 0.3) is 0 Å². The summed E-state index contributed by atoms with van der Waals surface area (Å²) >= 11 is 6.50. The second kappa shape index (κ2) is 6.37. The molecule has 104 valence electrons. The Bertz CT molecular complexity index is 632. The molecule has 2 rings (SSSR count). The zero-order valence-corrected chi connectivity index (χ0v) is 13.3. The minimum Gasteiger partial charge on any atom is -0.479 e. The van der Waals surface area contributed by atoms with E-state index in [2.05, 4.69) is 37.2 Å². The Balaban J connectivity index is 2.31. The van der Waals surface area contributed by atoms with Crippen molar-refractivity contribution in [2.24, 2.45) is 0 Å². The first kappa shape index (κ1) is 15.0. The van der Waals surface area contributed by atoms with Gasteiger partial charge in [-0.25, -0.2) is 9.18 Å². The van der Waals surface area contributed by atoms with Gasteiger partial charge in [-0.2, -0.15) is 0 Å². The fourth-order valence-corrected chi connectivity index (χ4v) is 2.57. The van der Waals surface area contributed by atoms with E-state index in [-0.39, 0.29) is 0 Å². The molecule has 2 aromatic rings. The van der Waals surface area contributed by atoms with Crippen molar-refractivity contribution < 1.29 is 14.3 Å². The maximum atomic E-state index is 13.1. The summed E-state index contributed by atoms with van der Waals surface area (Å²) in [4.78, 5) is 11.4. The van der Waals surface area contributed by atoms with Gasteiger partial charge in [-0.3, -0.25) is 0 Å². The summed E-state index contributed by atoms with van der Waals surface area (Å²) in [5.41, 5.74) is 1.12. The van der Waals surface area contributed by atoms with Gasteiger partial charge in [0.1, 0.15) is 5.82 Å². The van der Waals surface area contributed by atoms with E-state index < -0.39 is 17.8 Å². The molecule has 0 aliphatic carbocycles. The van der Waals surface area contributed by atoms with E-state index in [0.29, 0.717) is 15.7 Å². The highest BCUT2D eigenvalue weighted by Gasteiger charge is 2.22. The van der Waals surface area contributed by atoms with E-state index in [1.54, 1.807) is 24.3 Å². The summed E-state index contributed by atoms with van der Waals surface area (Å²) in [5.74, 6) is -1.46. The molecule has 0 fully saturated rings. The van der Waals surface area contributed by atoms with Gasteiger partial charge in [-0.05, 0) is 42.0 Å². The largest absolute Gasteiger partial charge is 0.479 e. The number of rotatable bonds is 4. The molecule has 3 nitrogen and oxygen atoms in total. The molecule has 0 aromatic heterocycles. The van der Waals surface area contributed by atoms with Gasteiger partial charge < -0.3 is 10.4 Å². The number of hydrogen-bond donors (Lipinski definition) is 2. The molecule has 0 bridgehead atoms. The molecule has 0 aliphatic rings. The minimum atomic E-state index is -1.04. The average Bonchev–Trinajstić information content (AvgIpc) is 2.39. The Kier molecular flexibility index (Phi) is 4.77. The van der Waals surface area contributed by atoms with Crippen molar-refractivity contribution in [3.05, 3.63) is 62.8 Å². The van der Waals surface area contributed by atoms with Crippen molar-refractivity contribution >= 4 is 43.5 Å². The van der Waals surface area contributed by atoms with Gasteiger partial charge in [-0.15, -0.1) is 0 Å². The van der Waals surface area contributed by atoms with Crippen LogP contribution in [0.15, 0.2) is 51.4 Å². The third-order valence-electron chi connectivity index (χ3n) is 2.68. The molecule has 2 aromatic carbocycles. The first-order valence-electron chi connectivity index (χ1n) is 5.67. The standard InChI is InChI=1S/C14H10Br2FNO2/c15-8-1-4-10(5-2-8)18-13(14(19)20)11-6-3-9(17)7-12(11)16/h1-7,13,18H,(H,19,20). The van der Waals surface area contributed by atoms with Gasteiger partial charge in [0.2, 0.25) is 0 Å². The molecule has 0 spiro atoms. The molecule has 0 saturated heterocycles. The monoisotopic (exact) mass is 401 g/mol. The highest BCUT2D eigenvalue weighted by molar-refractivity contribution is 9.10. The second-order valence-electron chi connectivity index (χ2n) is 4.09. The Hall–Kier alpha value is -1.40. The smallest absolute Gasteiger partial charge is 0.330 e. The summed E-state index contributed by atoms with van der Waals surface area (Å²) in [6.07, 6.45) is 0. The van der Waals surface area contributed by atoms with Crippen LogP contribution in [0.3, 0.4) is 0 Å². The normalized spacial score (nSPS) is 11.9. The number of anilines is 1. The SMILES string of the molecule is O=C(O)C(Nc1ccc(Br)cc1)c1ccc(F)cc1Br. The van der Waals surface area contributed by atoms with Crippen molar-refractivity contribution in [2.75, 3.05) is 5.32 Å². The number of carboxylic acid groups (broad SMARTS) is 1. The number of nitrogens with one attached hydrogen (secondary N) is 1. The highest BCUT2D eigenvalue weighted by Crippen LogP contribution is 2.28. The van der Waals surface area contributed by atoms with Gasteiger partial charge in [0.05, 0.1) is 0 Å². The fraction of sp³-hybridized carbons (Fsp3) is 0.0714. The van der Waals surface area contributed by atoms with Crippen LogP contribution < -0.4 is 5.32 Å². The summed E-state index contributed by atoms with van der Waals surface area (Å²) in [7, 11) is 0. The van der Waals surface area contributed by atoms with E-state index in [4.69, 9.17) is 0 Å². The quantitative estimate of drug-likeness (QED) is 0.786. The van der Waals surface area contributed by atoms with Crippen molar-refractivity contribution in [2.45, 2.75) is 6.04 Å². The Morgan fingerprint density at radius 3 is 2.35 bits per heavy atom. The predicted octanol–water partition coefficient (Wildman–Crippen LogP) is 4.59. The van der Waals surface area contributed by atoms with Gasteiger partial charge in [0.15, 0.2) is 6.04 Å². The minimum absolute atomic E-state index is 0.412. The first-order chi connectivity index (χ1) is 9.47. The summed E-state index contributed by atoms with van der Waals surface area (Å²) in [5, 5.41) is 12.3. The molecular weight excluding hydrogens is 393 g/mol. The molecular formula is C14H10Br2FNO2. The van der Waals surface area contributed by atoms with E-state index >= 15 is 0 Å². The molecule has 1 unspecified atom stereocenters. The molecule has 2 N–H and O–H groups in total. The molecule has 0 heterocycles. The molecule has 0 amide bonds. The van der Waals surface area contributed by atoms with Gasteiger partial charge >= 0.3 is 5.97 Å².